The number of anilines is 1. The van der Waals surface area contributed by atoms with Crippen LogP contribution in [0.4, 0.5) is 5.69 Å². The molecule has 0 N–H and O–H groups in total. The van der Waals surface area contributed by atoms with Gasteiger partial charge in [0.25, 0.3) is 11.8 Å². The molecule has 0 radical (unpaired) electrons. The fraction of sp³-hybridized carbons (Fsp3) is 0.286. The zero-order chi connectivity index (χ0) is 13.4. The fourth-order valence-electron chi connectivity index (χ4n) is 2.50. The summed E-state index contributed by atoms with van der Waals surface area (Å²) < 4.78 is 0. The second kappa shape index (κ2) is 4.70. The van der Waals surface area contributed by atoms with Crippen molar-refractivity contribution in [3.05, 3.63) is 41.1 Å². The van der Waals surface area contributed by atoms with Crippen LogP contribution in [0, 0.1) is 0 Å². The first-order valence-electron chi connectivity index (χ1n) is 6.27. The van der Waals surface area contributed by atoms with E-state index in [1.54, 1.807) is 24.3 Å². The molecule has 0 aromatic heterocycles. The van der Waals surface area contributed by atoms with Gasteiger partial charge in [0, 0.05) is 24.2 Å². The van der Waals surface area contributed by atoms with Gasteiger partial charge in [-0.1, -0.05) is 17.7 Å². The number of hydrogen-bond acceptors (Lipinski definition) is 3. The molecule has 0 saturated carbocycles. The number of amides is 2. The molecule has 19 heavy (non-hydrogen) atoms. The van der Waals surface area contributed by atoms with Crippen LogP contribution in [0.15, 0.2) is 36.0 Å². The average molecular weight is 277 g/mol. The van der Waals surface area contributed by atoms with Crippen molar-refractivity contribution in [2.45, 2.75) is 12.8 Å². The van der Waals surface area contributed by atoms with Crippen molar-refractivity contribution >= 4 is 29.1 Å². The van der Waals surface area contributed by atoms with E-state index in [1.165, 1.54) is 11.0 Å². The number of likely N-dealkylation sites (tertiary alicyclic amines) is 1. The number of carbonyl (C=O) groups excluding carboxylic acids is 2. The monoisotopic (exact) mass is 276 g/mol. The van der Waals surface area contributed by atoms with Gasteiger partial charge in [0.2, 0.25) is 0 Å². The molecule has 98 valence electrons. The number of hydrogen-bond donors (Lipinski definition) is 0. The summed E-state index contributed by atoms with van der Waals surface area (Å²) in [7, 11) is 0. The van der Waals surface area contributed by atoms with E-state index in [0.717, 1.165) is 25.9 Å². The van der Waals surface area contributed by atoms with Crippen molar-refractivity contribution in [3.8, 4) is 0 Å². The SMILES string of the molecule is O=C1C=C(N2CCCC2)C(=O)N1c1cccc(Cl)c1. The lowest BCUT2D eigenvalue weighted by atomic mass is 10.3. The van der Waals surface area contributed by atoms with E-state index >= 15 is 0 Å². The van der Waals surface area contributed by atoms with Gasteiger partial charge in [0.1, 0.15) is 5.70 Å². The van der Waals surface area contributed by atoms with E-state index < -0.39 is 0 Å². The highest BCUT2D eigenvalue weighted by atomic mass is 35.5. The lowest BCUT2D eigenvalue weighted by molar-refractivity contribution is -0.120. The second-order valence-electron chi connectivity index (χ2n) is 4.68. The maximum Gasteiger partial charge on any atom is 0.281 e. The molecule has 1 fully saturated rings. The summed E-state index contributed by atoms with van der Waals surface area (Å²) in [5, 5.41) is 0.507. The van der Waals surface area contributed by atoms with Crippen LogP contribution in [-0.4, -0.2) is 29.8 Å². The number of halogens is 1. The van der Waals surface area contributed by atoms with Crippen molar-refractivity contribution in [1.82, 2.24) is 4.90 Å². The van der Waals surface area contributed by atoms with Crippen LogP contribution in [0.2, 0.25) is 5.02 Å². The summed E-state index contributed by atoms with van der Waals surface area (Å²) in [6.45, 7) is 1.68. The van der Waals surface area contributed by atoms with E-state index in [1.807, 2.05) is 4.90 Å². The first kappa shape index (κ1) is 12.2. The van der Waals surface area contributed by atoms with Gasteiger partial charge in [0.05, 0.1) is 5.69 Å². The maximum absolute atomic E-state index is 12.4. The quantitative estimate of drug-likeness (QED) is 0.778. The van der Waals surface area contributed by atoms with Crippen LogP contribution in [-0.2, 0) is 9.59 Å². The van der Waals surface area contributed by atoms with Gasteiger partial charge in [-0.05, 0) is 31.0 Å². The molecule has 2 aliphatic heterocycles. The van der Waals surface area contributed by atoms with Crippen molar-refractivity contribution in [1.29, 1.82) is 0 Å². The van der Waals surface area contributed by atoms with Crippen LogP contribution >= 0.6 is 11.6 Å². The van der Waals surface area contributed by atoms with E-state index in [4.69, 9.17) is 11.6 Å². The van der Waals surface area contributed by atoms with Gasteiger partial charge in [-0.2, -0.15) is 0 Å². The fourth-order valence-corrected chi connectivity index (χ4v) is 2.69. The minimum atomic E-state index is -0.297. The number of imide groups is 1. The lowest BCUT2D eigenvalue weighted by Gasteiger charge is -2.20. The van der Waals surface area contributed by atoms with Gasteiger partial charge >= 0.3 is 0 Å². The first-order valence-corrected chi connectivity index (χ1v) is 6.65. The molecule has 4 nitrogen and oxygen atoms in total. The van der Waals surface area contributed by atoms with Gasteiger partial charge < -0.3 is 4.90 Å². The van der Waals surface area contributed by atoms with Crippen LogP contribution in [0.5, 0.6) is 0 Å². The van der Waals surface area contributed by atoms with E-state index in [2.05, 4.69) is 0 Å². The summed E-state index contributed by atoms with van der Waals surface area (Å²) in [6.07, 6.45) is 3.56. The molecule has 2 amide bonds. The Hall–Kier alpha value is -1.81. The smallest absolute Gasteiger partial charge is 0.281 e. The Bertz CT molecular complexity index is 577. The Morgan fingerprint density at radius 1 is 1.11 bits per heavy atom. The largest absolute Gasteiger partial charge is 0.367 e. The highest BCUT2D eigenvalue weighted by Gasteiger charge is 2.36. The molecule has 2 heterocycles. The summed E-state index contributed by atoms with van der Waals surface area (Å²) in [5.74, 6) is -0.552. The Kier molecular flexibility index (Phi) is 3.03. The highest BCUT2D eigenvalue weighted by molar-refractivity contribution is 6.33. The molecule has 0 bridgehead atoms. The van der Waals surface area contributed by atoms with Gasteiger partial charge in [-0.3, -0.25) is 9.59 Å². The summed E-state index contributed by atoms with van der Waals surface area (Å²) in [6, 6.07) is 6.78. The minimum absolute atomic E-state index is 0.255. The number of benzene rings is 1. The van der Waals surface area contributed by atoms with Crippen molar-refractivity contribution < 1.29 is 9.59 Å². The first-order chi connectivity index (χ1) is 9.16. The van der Waals surface area contributed by atoms with Crippen molar-refractivity contribution in [2.24, 2.45) is 0 Å². The van der Waals surface area contributed by atoms with Gasteiger partial charge in [0.15, 0.2) is 0 Å². The van der Waals surface area contributed by atoms with E-state index in [0.29, 0.717) is 16.4 Å². The minimum Gasteiger partial charge on any atom is -0.367 e. The number of rotatable bonds is 2. The number of carbonyl (C=O) groups is 2. The zero-order valence-corrected chi connectivity index (χ0v) is 11.1. The second-order valence-corrected chi connectivity index (χ2v) is 5.12. The molecule has 1 aromatic rings. The van der Waals surface area contributed by atoms with Gasteiger partial charge in [-0.15, -0.1) is 0 Å². The predicted molar refractivity (Wildman–Crippen MR) is 72.8 cm³/mol. The maximum atomic E-state index is 12.4. The van der Waals surface area contributed by atoms with Crippen LogP contribution in [0.3, 0.4) is 0 Å². The summed E-state index contributed by atoms with van der Waals surface area (Å²) in [4.78, 5) is 27.5. The summed E-state index contributed by atoms with van der Waals surface area (Å²) in [5.41, 5.74) is 1.02. The normalized spacial score (nSPS) is 19.3. The third-order valence-electron chi connectivity index (χ3n) is 3.42. The van der Waals surface area contributed by atoms with Crippen LogP contribution in [0.25, 0.3) is 0 Å². The summed E-state index contributed by atoms with van der Waals surface area (Å²) >= 11 is 5.91. The Morgan fingerprint density at radius 3 is 2.53 bits per heavy atom. The third-order valence-corrected chi connectivity index (χ3v) is 3.65. The molecule has 0 spiro atoms. The number of nitrogens with zero attached hydrogens (tertiary/aromatic N) is 2. The Balaban J connectivity index is 1.90. The standard InChI is InChI=1S/C14H13ClN2O2/c15-10-4-3-5-11(8-10)17-13(18)9-12(14(17)19)16-6-1-2-7-16/h3-5,8-9H,1-2,6-7H2. The molecule has 0 aliphatic carbocycles. The predicted octanol–water partition coefficient (Wildman–Crippen LogP) is 2.19. The van der Waals surface area contributed by atoms with Crippen molar-refractivity contribution in [3.63, 3.8) is 0 Å². The third kappa shape index (κ3) is 2.12. The zero-order valence-electron chi connectivity index (χ0n) is 10.3. The van der Waals surface area contributed by atoms with Crippen LogP contribution < -0.4 is 4.90 Å². The van der Waals surface area contributed by atoms with E-state index in [-0.39, 0.29) is 11.8 Å². The molecule has 1 saturated heterocycles. The molecule has 2 aliphatic rings. The van der Waals surface area contributed by atoms with Crippen LogP contribution in [0.1, 0.15) is 12.8 Å². The van der Waals surface area contributed by atoms with Crippen molar-refractivity contribution in [2.75, 3.05) is 18.0 Å². The molecule has 1 aromatic carbocycles. The molecular weight excluding hydrogens is 264 g/mol. The highest BCUT2D eigenvalue weighted by Crippen LogP contribution is 2.27. The lowest BCUT2D eigenvalue weighted by Crippen LogP contribution is -2.34. The molecule has 0 unspecified atom stereocenters. The average Bonchev–Trinajstić information content (AvgIpc) is 2.97. The van der Waals surface area contributed by atoms with Gasteiger partial charge in [-0.25, -0.2) is 4.90 Å². The van der Waals surface area contributed by atoms with E-state index in [9.17, 15) is 9.59 Å². The molecular formula is C14H13ClN2O2. The Morgan fingerprint density at radius 2 is 1.84 bits per heavy atom. The molecule has 3 rings (SSSR count). The Labute approximate surface area is 116 Å². The topological polar surface area (TPSA) is 40.6 Å². The molecule has 5 heteroatoms. The molecule has 0 atom stereocenters.